The van der Waals surface area contributed by atoms with E-state index in [0.29, 0.717) is 12.5 Å². The third kappa shape index (κ3) is 5.59. The first kappa shape index (κ1) is 29.5. The van der Waals surface area contributed by atoms with Crippen LogP contribution in [0.4, 0.5) is 0 Å². The molecule has 7 rings (SSSR count). The van der Waals surface area contributed by atoms with Gasteiger partial charge in [-0.25, -0.2) is 0 Å². The van der Waals surface area contributed by atoms with E-state index in [4.69, 9.17) is 18.9 Å². The molecule has 1 unspecified atom stereocenters. The van der Waals surface area contributed by atoms with Crippen molar-refractivity contribution in [2.45, 2.75) is 71.5 Å². The molecule has 0 amide bonds. The molecule has 1 aliphatic carbocycles. The molecule has 3 aliphatic heterocycles. The standard InChI is InChI=1S/C40H43NO4/c1-25(2)28-11-7-26(8-12-28)19-33-31-15-16-35(42-6)39(43-23-27-9-13-30(14-10-27)40(3,4)5)34(31)22-41-18-17-29-20-36-37(45-24-44-36)21-32(29)38(33)41/h7-16,20-22,25,39H,17-19,23-24H2,1-6H3. The second kappa shape index (κ2) is 11.6. The lowest BCUT2D eigenvalue weighted by atomic mass is 9.79. The van der Waals surface area contributed by atoms with E-state index < -0.39 is 0 Å². The lowest BCUT2D eigenvalue weighted by Crippen LogP contribution is -2.34. The molecule has 0 spiro atoms. The molecule has 0 N–H and O–H groups in total. The summed E-state index contributed by atoms with van der Waals surface area (Å²) in [5.74, 6) is 2.98. The van der Waals surface area contributed by atoms with Gasteiger partial charge in [0, 0.05) is 30.3 Å². The van der Waals surface area contributed by atoms with E-state index in [9.17, 15) is 0 Å². The number of hydrogen-bond donors (Lipinski definition) is 0. The van der Waals surface area contributed by atoms with Crippen LogP contribution in [0, 0.1) is 0 Å². The van der Waals surface area contributed by atoms with Crippen LogP contribution in [0.25, 0.3) is 5.70 Å². The summed E-state index contributed by atoms with van der Waals surface area (Å²) in [7, 11) is 1.74. The van der Waals surface area contributed by atoms with Gasteiger partial charge >= 0.3 is 0 Å². The van der Waals surface area contributed by atoms with Crippen molar-refractivity contribution in [1.82, 2.24) is 4.90 Å². The molecule has 232 valence electrons. The molecule has 0 saturated heterocycles. The lowest BCUT2D eigenvalue weighted by molar-refractivity contribution is 0.0495. The molecule has 0 radical (unpaired) electrons. The van der Waals surface area contributed by atoms with Gasteiger partial charge in [-0.1, -0.05) is 89.2 Å². The molecule has 45 heavy (non-hydrogen) atoms. The number of rotatable bonds is 7. The van der Waals surface area contributed by atoms with Crippen LogP contribution in [0.15, 0.2) is 101 Å². The molecular formula is C40H43NO4. The average molecular weight is 602 g/mol. The maximum Gasteiger partial charge on any atom is 0.231 e. The highest BCUT2D eigenvalue weighted by atomic mass is 16.7. The zero-order valence-corrected chi connectivity index (χ0v) is 27.3. The first-order chi connectivity index (χ1) is 21.7. The Morgan fingerprint density at radius 2 is 1.62 bits per heavy atom. The number of methoxy groups -OCH3 is 1. The highest BCUT2D eigenvalue weighted by Crippen LogP contribution is 2.47. The number of hydrogen-bond acceptors (Lipinski definition) is 5. The Kier molecular flexibility index (Phi) is 7.61. The Morgan fingerprint density at radius 1 is 0.911 bits per heavy atom. The SMILES string of the molecule is COC1=CC=C2C(=CN3CCc4cc5c(cc4C3=C2Cc2ccc(C(C)C)cc2)OCO5)C1OCc1ccc(C(C)(C)C)cc1. The fourth-order valence-electron chi connectivity index (χ4n) is 6.77. The smallest absolute Gasteiger partial charge is 0.231 e. The third-order valence-corrected chi connectivity index (χ3v) is 9.43. The van der Waals surface area contributed by atoms with Gasteiger partial charge in [-0.05, 0) is 74.9 Å². The van der Waals surface area contributed by atoms with Crippen molar-refractivity contribution >= 4 is 5.70 Å². The minimum atomic E-state index is -0.310. The van der Waals surface area contributed by atoms with E-state index in [1.807, 2.05) is 0 Å². The van der Waals surface area contributed by atoms with Gasteiger partial charge in [0.1, 0.15) is 11.9 Å². The van der Waals surface area contributed by atoms with Crippen LogP contribution >= 0.6 is 0 Å². The Hall–Kier alpha value is -4.22. The molecule has 0 aromatic heterocycles. The summed E-state index contributed by atoms with van der Waals surface area (Å²) < 4.78 is 24.2. The fraction of sp³-hybridized carbons (Fsp3) is 0.350. The van der Waals surface area contributed by atoms with Crippen LogP contribution in [0.2, 0.25) is 0 Å². The van der Waals surface area contributed by atoms with Gasteiger partial charge in [0.2, 0.25) is 6.79 Å². The van der Waals surface area contributed by atoms with Gasteiger partial charge in [-0.15, -0.1) is 0 Å². The zero-order valence-electron chi connectivity index (χ0n) is 27.3. The summed E-state index contributed by atoms with van der Waals surface area (Å²) in [6.07, 6.45) is 8.01. The Balaban J connectivity index is 1.27. The maximum atomic E-state index is 6.73. The quantitative estimate of drug-likeness (QED) is 0.271. The van der Waals surface area contributed by atoms with Gasteiger partial charge < -0.3 is 23.8 Å². The summed E-state index contributed by atoms with van der Waals surface area (Å²) in [4.78, 5) is 2.42. The Labute approximate surface area is 267 Å². The highest BCUT2D eigenvalue weighted by Gasteiger charge is 2.37. The molecule has 0 saturated carbocycles. The number of nitrogens with zero attached hydrogens (tertiary/aromatic N) is 1. The van der Waals surface area contributed by atoms with Crippen LogP contribution in [0.3, 0.4) is 0 Å². The molecule has 3 heterocycles. The highest BCUT2D eigenvalue weighted by molar-refractivity contribution is 5.82. The molecule has 5 heteroatoms. The topological polar surface area (TPSA) is 40.2 Å². The number of fused-ring (bicyclic) bond motifs is 5. The van der Waals surface area contributed by atoms with E-state index in [1.165, 1.54) is 44.7 Å². The molecule has 5 nitrogen and oxygen atoms in total. The second-order valence-corrected chi connectivity index (χ2v) is 13.8. The summed E-state index contributed by atoms with van der Waals surface area (Å²) >= 11 is 0. The number of ether oxygens (including phenoxy) is 4. The first-order valence-corrected chi connectivity index (χ1v) is 16.1. The summed E-state index contributed by atoms with van der Waals surface area (Å²) in [5.41, 5.74) is 12.6. The van der Waals surface area contributed by atoms with Crippen molar-refractivity contribution in [1.29, 1.82) is 0 Å². The van der Waals surface area contributed by atoms with Crippen LogP contribution in [-0.4, -0.2) is 31.5 Å². The summed E-state index contributed by atoms with van der Waals surface area (Å²) in [6, 6.07) is 22.2. The normalized spacial score (nSPS) is 18.6. The molecule has 3 aromatic rings. The van der Waals surface area contributed by atoms with Gasteiger partial charge in [-0.3, -0.25) is 0 Å². The lowest BCUT2D eigenvalue weighted by Gasteiger charge is -2.40. The Morgan fingerprint density at radius 3 is 2.31 bits per heavy atom. The molecular weight excluding hydrogens is 558 g/mol. The first-order valence-electron chi connectivity index (χ1n) is 16.1. The predicted octanol–water partition coefficient (Wildman–Crippen LogP) is 8.60. The van der Waals surface area contributed by atoms with E-state index in [0.717, 1.165) is 47.8 Å². The molecule has 0 bridgehead atoms. The molecule has 1 atom stereocenters. The van der Waals surface area contributed by atoms with Crippen LogP contribution in [0.5, 0.6) is 11.5 Å². The van der Waals surface area contributed by atoms with Gasteiger partial charge in [-0.2, -0.15) is 0 Å². The van der Waals surface area contributed by atoms with Crippen molar-refractivity contribution in [2.24, 2.45) is 0 Å². The predicted molar refractivity (Wildman–Crippen MR) is 179 cm³/mol. The van der Waals surface area contributed by atoms with Crippen molar-refractivity contribution in [3.05, 3.63) is 135 Å². The Bertz CT molecular complexity index is 1730. The maximum absolute atomic E-state index is 6.73. The largest absolute Gasteiger partial charge is 0.498 e. The van der Waals surface area contributed by atoms with Gasteiger partial charge in [0.15, 0.2) is 11.5 Å². The minimum absolute atomic E-state index is 0.114. The molecule has 4 aliphatic rings. The van der Waals surface area contributed by atoms with Crippen LogP contribution in [-0.2, 0) is 34.3 Å². The van der Waals surface area contributed by atoms with Crippen molar-refractivity contribution < 1.29 is 18.9 Å². The molecule has 0 fully saturated rings. The van der Waals surface area contributed by atoms with E-state index in [2.05, 4.69) is 119 Å². The molecule has 3 aromatic carbocycles. The zero-order chi connectivity index (χ0) is 31.3. The fourth-order valence-corrected chi connectivity index (χ4v) is 6.77. The van der Waals surface area contributed by atoms with Gasteiger partial charge in [0.05, 0.1) is 19.4 Å². The monoisotopic (exact) mass is 601 g/mol. The minimum Gasteiger partial charge on any atom is -0.498 e. The summed E-state index contributed by atoms with van der Waals surface area (Å²) in [5, 5.41) is 0. The van der Waals surface area contributed by atoms with Crippen LogP contribution < -0.4 is 9.47 Å². The van der Waals surface area contributed by atoms with E-state index in [1.54, 1.807) is 7.11 Å². The second-order valence-electron chi connectivity index (χ2n) is 13.8. The van der Waals surface area contributed by atoms with Crippen LogP contribution in [0.1, 0.15) is 73.9 Å². The number of benzene rings is 3. The van der Waals surface area contributed by atoms with Crippen molar-refractivity contribution in [3.8, 4) is 11.5 Å². The average Bonchev–Trinajstić information content (AvgIpc) is 3.49. The number of allylic oxidation sites excluding steroid dienone is 3. The van der Waals surface area contributed by atoms with Crippen molar-refractivity contribution in [3.63, 3.8) is 0 Å². The van der Waals surface area contributed by atoms with E-state index in [-0.39, 0.29) is 18.3 Å². The summed E-state index contributed by atoms with van der Waals surface area (Å²) in [6.45, 7) is 12.8. The van der Waals surface area contributed by atoms with Crippen molar-refractivity contribution in [2.75, 3.05) is 20.4 Å². The van der Waals surface area contributed by atoms with Gasteiger partial charge in [0.25, 0.3) is 0 Å². The van der Waals surface area contributed by atoms with E-state index >= 15 is 0 Å². The third-order valence-electron chi connectivity index (χ3n) is 9.43.